The molecule has 0 aromatic heterocycles. The van der Waals surface area contributed by atoms with Crippen LogP contribution in [0.15, 0.2) is 48.5 Å². The maximum absolute atomic E-state index is 5.56. The van der Waals surface area contributed by atoms with E-state index in [1.165, 1.54) is 11.1 Å². The summed E-state index contributed by atoms with van der Waals surface area (Å²) in [6.07, 6.45) is 5.25. The van der Waals surface area contributed by atoms with E-state index in [9.17, 15) is 0 Å². The van der Waals surface area contributed by atoms with Gasteiger partial charge in [0, 0.05) is 18.2 Å². The Balaban J connectivity index is 1.99. The van der Waals surface area contributed by atoms with Crippen LogP contribution in [0.2, 0.25) is 0 Å². The molecule has 0 aliphatic carbocycles. The molecule has 0 fully saturated rings. The molecule has 2 nitrogen and oxygen atoms in total. The van der Waals surface area contributed by atoms with E-state index < -0.39 is 0 Å². The standard InChI is InChI=1S/C19H21NO/c1-4-13-21-19-8-6-5-7-18(19)14-20-16(3)17-11-9-15(2)10-12-17/h1,5-12,16,20H,13-14H2,2-3H3. The average Bonchev–Trinajstić information content (AvgIpc) is 2.52. The van der Waals surface area contributed by atoms with Crippen LogP contribution in [0.25, 0.3) is 0 Å². The Morgan fingerprint density at radius 2 is 1.86 bits per heavy atom. The lowest BCUT2D eigenvalue weighted by atomic mass is 10.1. The SMILES string of the molecule is C#CCOc1ccccc1CNC(C)c1ccc(C)cc1. The summed E-state index contributed by atoms with van der Waals surface area (Å²) >= 11 is 0. The van der Waals surface area contributed by atoms with Crippen LogP contribution in [0.4, 0.5) is 0 Å². The molecule has 0 spiro atoms. The largest absolute Gasteiger partial charge is 0.481 e. The minimum Gasteiger partial charge on any atom is -0.481 e. The number of para-hydroxylation sites is 1. The van der Waals surface area contributed by atoms with Crippen molar-refractivity contribution < 1.29 is 4.74 Å². The molecule has 2 aromatic carbocycles. The molecule has 0 saturated heterocycles. The summed E-state index contributed by atoms with van der Waals surface area (Å²) in [4.78, 5) is 0. The number of ether oxygens (including phenoxy) is 1. The zero-order chi connectivity index (χ0) is 15.1. The maximum atomic E-state index is 5.56. The Kier molecular flexibility index (Phi) is 5.43. The second kappa shape index (κ2) is 7.52. The fraction of sp³-hybridized carbons (Fsp3) is 0.263. The first kappa shape index (κ1) is 15.2. The summed E-state index contributed by atoms with van der Waals surface area (Å²) in [6, 6.07) is 16.9. The lowest BCUT2D eigenvalue weighted by Gasteiger charge is -2.16. The van der Waals surface area contributed by atoms with Crippen LogP contribution in [0.1, 0.15) is 29.7 Å². The number of nitrogens with one attached hydrogen (secondary N) is 1. The molecular formula is C19H21NO. The molecule has 21 heavy (non-hydrogen) atoms. The number of benzene rings is 2. The Morgan fingerprint density at radius 3 is 2.57 bits per heavy atom. The van der Waals surface area contributed by atoms with Crippen molar-refractivity contribution in [2.24, 2.45) is 0 Å². The highest BCUT2D eigenvalue weighted by atomic mass is 16.5. The first-order chi connectivity index (χ1) is 10.2. The Hall–Kier alpha value is -2.24. The van der Waals surface area contributed by atoms with Crippen LogP contribution in [0.5, 0.6) is 5.75 Å². The molecule has 0 heterocycles. The molecule has 0 aliphatic rings. The molecule has 0 saturated carbocycles. The first-order valence-corrected chi connectivity index (χ1v) is 7.15. The van der Waals surface area contributed by atoms with Gasteiger partial charge in [0.25, 0.3) is 0 Å². The van der Waals surface area contributed by atoms with E-state index in [0.29, 0.717) is 6.61 Å². The minimum absolute atomic E-state index is 0.284. The highest BCUT2D eigenvalue weighted by Crippen LogP contribution is 2.20. The predicted molar refractivity (Wildman–Crippen MR) is 87.2 cm³/mol. The van der Waals surface area contributed by atoms with E-state index in [1.54, 1.807) is 0 Å². The highest BCUT2D eigenvalue weighted by Gasteiger charge is 2.07. The topological polar surface area (TPSA) is 21.3 Å². The normalized spacial score (nSPS) is 11.7. The van der Waals surface area contributed by atoms with Gasteiger partial charge in [-0.15, -0.1) is 6.42 Å². The molecule has 0 bridgehead atoms. The lowest BCUT2D eigenvalue weighted by molar-refractivity contribution is 0.364. The summed E-state index contributed by atoms with van der Waals surface area (Å²) in [6.45, 7) is 5.30. The summed E-state index contributed by atoms with van der Waals surface area (Å²) in [7, 11) is 0. The van der Waals surface area contributed by atoms with Gasteiger partial charge in [-0.25, -0.2) is 0 Å². The van der Waals surface area contributed by atoms with Crippen LogP contribution in [0, 0.1) is 19.3 Å². The van der Waals surface area contributed by atoms with Crippen LogP contribution < -0.4 is 10.1 Å². The van der Waals surface area contributed by atoms with Gasteiger partial charge in [0.15, 0.2) is 0 Å². The molecule has 0 aliphatic heterocycles. The van der Waals surface area contributed by atoms with E-state index in [2.05, 4.69) is 55.4 Å². The summed E-state index contributed by atoms with van der Waals surface area (Å²) in [5.41, 5.74) is 3.67. The number of hydrogen-bond acceptors (Lipinski definition) is 2. The van der Waals surface area contributed by atoms with Gasteiger partial charge < -0.3 is 10.1 Å². The average molecular weight is 279 g/mol. The lowest BCUT2D eigenvalue weighted by Crippen LogP contribution is -2.18. The third-order valence-corrected chi connectivity index (χ3v) is 3.46. The Labute approximate surface area is 127 Å². The number of aryl methyl sites for hydroxylation is 1. The third kappa shape index (κ3) is 4.37. The number of rotatable bonds is 6. The summed E-state index contributed by atoms with van der Waals surface area (Å²) < 4.78 is 5.56. The van der Waals surface area contributed by atoms with Crippen molar-refractivity contribution in [3.63, 3.8) is 0 Å². The molecule has 2 heteroatoms. The monoisotopic (exact) mass is 279 g/mol. The molecule has 0 radical (unpaired) electrons. The van der Waals surface area contributed by atoms with Crippen LogP contribution >= 0.6 is 0 Å². The van der Waals surface area contributed by atoms with E-state index in [-0.39, 0.29) is 6.04 Å². The van der Waals surface area contributed by atoms with Gasteiger partial charge in [0.1, 0.15) is 12.4 Å². The van der Waals surface area contributed by atoms with Crippen molar-refractivity contribution in [3.8, 4) is 18.1 Å². The maximum Gasteiger partial charge on any atom is 0.148 e. The van der Waals surface area contributed by atoms with Gasteiger partial charge in [0.2, 0.25) is 0 Å². The van der Waals surface area contributed by atoms with E-state index in [1.807, 2.05) is 18.2 Å². The number of terminal acetylenes is 1. The molecular weight excluding hydrogens is 258 g/mol. The van der Waals surface area contributed by atoms with Gasteiger partial charge >= 0.3 is 0 Å². The van der Waals surface area contributed by atoms with Gasteiger partial charge in [-0.2, -0.15) is 0 Å². The number of hydrogen-bond donors (Lipinski definition) is 1. The quantitative estimate of drug-likeness (QED) is 0.811. The fourth-order valence-electron chi connectivity index (χ4n) is 2.15. The Bertz CT molecular complexity index is 610. The van der Waals surface area contributed by atoms with Crippen molar-refractivity contribution in [2.75, 3.05) is 6.61 Å². The van der Waals surface area contributed by atoms with Crippen molar-refractivity contribution in [1.82, 2.24) is 5.32 Å². The van der Waals surface area contributed by atoms with Crippen LogP contribution in [-0.2, 0) is 6.54 Å². The second-order valence-electron chi connectivity index (χ2n) is 5.11. The first-order valence-electron chi connectivity index (χ1n) is 7.15. The molecule has 1 unspecified atom stereocenters. The molecule has 1 atom stereocenters. The minimum atomic E-state index is 0.284. The Morgan fingerprint density at radius 1 is 1.14 bits per heavy atom. The molecule has 0 amide bonds. The van der Waals surface area contributed by atoms with Gasteiger partial charge in [0.05, 0.1) is 0 Å². The van der Waals surface area contributed by atoms with Crippen molar-refractivity contribution >= 4 is 0 Å². The van der Waals surface area contributed by atoms with Gasteiger partial charge in [-0.05, 0) is 25.5 Å². The summed E-state index contributed by atoms with van der Waals surface area (Å²) in [5, 5.41) is 3.52. The molecule has 2 rings (SSSR count). The van der Waals surface area contributed by atoms with Crippen molar-refractivity contribution in [2.45, 2.75) is 26.4 Å². The van der Waals surface area contributed by atoms with E-state index in [0.717, 1.165) is 17.9 Å². The molecule has 108 valence electrons. The second-order valence-corrected chi connectivity index (χ2v) is 5.11. The zero-order valence-corrected chi connectivity index (χ0v) is 12.6. The van der Waals surface area contributed by atoms with E-state index >= 15 is 0 Å². The smallest absolute Gasteiger partial charge is 0.148 e. The van der Waals surface area contributed by atoms with Crippen LogP contribution in [0.3, 0.4) is 0 Å². The van der Waals surface area contributed by atoms with Gasteiger partial charge in [-0.3, -0.25) is 0 Å². The van der Waals surface area contributed by atoms with Crippen molar-refractivity contribution in [3.05, 3.63) is 65.2 Å². The molecule has 2 aromatic rings. The fourth-order valence-corrected chi connectivity index (χ4v) is 2.15. The van der Waals surface area contributed by atoms with Crippen molar-refractivity contribution in [1.29, 1.82) is 0 Å². The zero-order valence-electron chi connectivity index (χ0n) is 12.6. The molecule has 1 N–H and O–H groups in total. The predicted octanol–water partition coefficient (Wildman–Crippen LogP) is 3.86. The van der Waals surface area contributed by atoms with Gasteiger partial charge in [-0.1, -0.05) is 53.9 Å². The van der Waals surface area contributed by atoms with E-state index in [4.69, 9.17) is 11.2 Å². The summed E-state index contributed by atoms with van der Waals surface area (Å²) in [5.74, 6) is 3.34. The highest BCUT2D eigenvalue weighted by molar-refractivity contribution is 5.33. The third-order valence-electron chi connectivity index (χ3n) is 3.46. The van der Waals surface area contributed by atoms with Crippen LogP contribution in [-0.4, -0.2) is 6.61 Å².